The Hall–Kier alpha value is -3.13. The summed E-state index contributed by atoms with van der Waals surface area (Å²) in [5.74, 6) is -1.93. The molecule has 1 aliphatic rings. The number of carbonyl (C=O) groups is 2. The van der Waals surface area contributed by atoms with Gasteiger partial charge in [0.15, 0.2) is 0 Å². The minimum Gasteiger partial charge on any atom is -0.383 e. The molecule has 8 heteroatoms. The first-order valence-electron chi connectivity index (χ1n) is 10.5. The Labute approximate surface area is 186 Å². The Bertz CT molecular complexity index is 1010. The van der Waals surface area contributed by atoms with E-state index in [1.54, 1.807) is 50.2 Å². The molecule has 0 unspecified atom stereocenters. The summed E-state index contributed by atoms with van der Waals surface area (Å²) in [5, 5.41) is 5.55. The average Bonchev–Trinajstić information content (AvgIpc) is 3.21. The van der Waals surface area contributed by atoms with Gasteiger partial charge in [0.2, 0.25) is 5.91 Å². The summed E-state index contributed by atoms with van der Waals surface area (Å²) < 4.78 is 34.1. The smallest absolute Gasteiger partial charge is 0.262 e. The van der Waals surface area contributed by atoms with Gasteiger partial charge in [0.25, 0.3) is 5.91 Å². The van der Waals surface area contributed by atoms with E-state index in [0.29, 0.717) is 5.71 Å². The molecule has 0 saturated heterocycles. The first-order valence-corrected chi connectivity index (χ1v) is 10.5. The highest BCUT2D eigenvalue weighted by Gasteiger charge is 2.36. The minimum atomic E-state index is -0.739. The number of halogens is 2. The maximum atomic E-state index is 14.6. The molecule has 6 nitrogen and oxygen atoms in total. The third-order valence-corrected chi connectivity index (χ3v) is 5.31. The summed E-state index contributed by atoms with van der Waals surface area (Å²) in [7, 11) is 1.51. The molecule has 0 spiro atoms. The molecule has 32 heavy (non-hydrogen) atoms. The number of rotatable bonds is 8. The zero-order valence-corrected chi connectivity index (χ0v) is 18.4. The van der Waals surface area contributed by atoms with Crippen molar-refractivity contribution in [3.05, 3.63) is 71.3 Å². The summed E-state index contributed by atoms with van der Waals surface area (Å²) in [6.07, 6.45) is 0.157. The summed E-state index contributed by atoms with van der Waals surface area (Å²) in [4.78, 5) is 27.3. The second-order valence-corrected chi connectivity index (χ2v) is 7.91. The van der Waals surface area contributed by atoms with Gasteiger partial charge in [-0.15, -0.1) is 0 Å². The summed E-state index contributed by atoms with van der Waals surface area (Å²) in [6.45, 7) is 3.77. The lowest BCUT2D eigenvalue weighted by Gasteiger charge is -2.28. The highest BCUT2D eigenvalue weighted by atomic mass is 19.1. The van der Waals surface area contributed by atoms with E-state index < -0.39 is 23.6 Å². The molecule has 0 aromatic heterocycles. The second-order valence-electron chi connectivity index (χ2n) is 7.91. The van der Waals surface area contributed by atoms with Crippen LogP contribution in [-0.4, -0.2) is 54.2 Å². The molecular formula is C24H27F2N3O3. The molecular weight excluding hydrogens is 416 g/mol. The van der Waals surface area contributed by atoms with Crippen LogP contribution in [0, 0.1) is 17.6 Å². The van der Waals surface area contributed by atoms with Crippen LogP contribution in [-0.2, 0) is 14.3 Å². The van der Waals surface area contributed by atoms with Crippen LogP contribution in [0.5, 0.6) is 0 Å². The zero-order chi connectivity index (χ0) is 23.3. The van der Waals surface area contributed by atoms with Gasteiger partial charge in [0.05, 0.1) is 18.4 Å². The Kier molecular flexibility index (Phi) is 7.69. The van der Waals surface area contributed by atoms with Crippen molar-refractivity contribution in [2.24, 2.45) is 11.0 Å². The Morgan fingerprint density at radius 3 is 2.41 bits per heavy atom. The second kappa shape index (κ2) is 10.5. The van der Waals surface area contributed by atoms with Crippen molar-refractivity contribution < 1.29 is 23.1 Å². The summed E-state index contributed by atoms with van der Waals surface area (Å²) in [6, 6.07) is 11.5. The first-order chi connectivity index (χ1) is 15.3. The van der Waals surface area contributed by atoms with Crippen LogP contribution < -0.4 is 0 Å². The number of carbonyl (C=O) groups excluding carboxylic acids is 2. The van der Waals surface area contributed by atoms with Crippen LogP contribution in [0.1, 0.15) is 37.4 Å². The Balaban J connectivity index is 1.94. The van der Waals surface area contributed by atoms with Crippen LogP contribution in [0.3, 0.4) is 0 Å². The lowest BCUT2D eigenvalue weighted by atomic mass is 9.97. The molecule has 1 aliphatic heterocycles. The number of nitrogens with zero attached hydrogens (tertiary/aromatic N) is 3. The normalized spacial score (nSPS) is 15.8. The molecule has 0 aliphatic carbocycles. The topological polar surface area (TPSA) is 62.2 Å². The molecule has 2 aromatic rings. The van der Waals surface area contributed by atoms with Gasteiger partial charge >= 0.3 is 0 Å². The predicted octanol–water partition coefficient (Wildman–Crippen LogP) is 3.77. The van der Waals surface area contributed by atoms with Gasteiger partial charge in [-0.1, -0.05) is 50.2 Å². The SMILES string of the molecule is COCCN(CC(=O)N1N=C(c2ccccc2F)C[C@@H]1c1ccccc1F)C(=O)C(C)C. The molecule has 0 saturated carbocycles. The number of methoxy groups -OCH3 is 1. The number of hydrogen-bond acceptors (Lipinski definition) is 4. The highest BCUT2D eigenvalue weighted by Crippen LogP contribution is 2.34. The lowest BCUT2D eigenvalue weighted by Crippen LogP contribution is -2.44. The average molecular weight is 443 g/mol. The molecule has 0 bridgehead atoms. The molecule has 170 valence electrons. The van der Waals surface area contributed by atoms with Crippen molar-refractivity contribution in [2.45, 2.75) is 26.3 Å². The van der Waals surface area contributed by atoms with Gasteiger partial charge in [-0.25, -0.2) is 13.8 Å². The Morgan fingerprint density at radius 2 is 1.78 bits per heavy atom. The number of hydrogen-bond donors (Lipinski definition) is 0. The maximum Gasteiger partial charge on any atom is 0.262 e. The summed E-state index contributed by atoms with van der Waals surface area (Å²) >= 11 is 0. The van der Waals surface area contributed by atoms with Crippen molar-refractivity contribution in [1.82, 2.24) is 9.91 Å². The van der Waals surface area contributed by atoms with E-state index >= 15 is 0 Å². The van der Waals surface area contributed by atoms with Crippen molar-refractivity contribution >= 4 is 17.5 Å². The maximum absolute atomic E-state index is 14.6. The van der Waals surface area contributed by atoms with Crippen LogP contribution in [0.15, 0.2) is 53.6 Å². The number of hydrazone groups is 1. The van der Waals surface area contributed by atoms with E-state index in [9.17, 15) is 18.4 Å². The quantitative estimate of drug-likeness (QED) is 0.624. The number of ether oxygens (including phenoxy) is 1. The predicted molar refractivity (Wildman–Crippen MR) is 117 cm³/mol. The molecule has 0 N–H and O–H groups in total. The zero-order valence-electron chi connectivity index (χ0n) is 18.4. The molecule has 2 amide bonds. The monoisotopic (exact) mass is 443 g/mol. The van der Waals surface area contributed by atoms with Crippen molar-refractivity contribution in [3.63, 3.8) is 0 Å². The van der Waals surface area contributed by atoms with Crippen molar-refractivity contribution in [3.8, 4) is 0 Å². The van der Waals surface area contributed by atoms with Gasteiger partial charge < -0.3 is 9.64 Å². The third kappa shape index (κ3) is 5.19. The van der Waals surface area contributed by atoms with Crippen LogP contribution in [0.25, 0.3) is 0 Å². The molecule has 0 fully saturated rings. The highest BCUT2D eigenvalue weighted by molar-refractivity contribution is 6.03. The van der Waals surface area contributed by atoms with E-state index in [1.165, 1.54) is 29.2 Å². The Morgan fingerprint density at radius 1 is 1.12 bits per heavy atom. The fraction of sp³-hybridized carbons (Fsp3) is 0.375. The van der Waals surface area contributed by atoms with Gasteiger partial charge in [0.1, 0.15) is 18.2 Å². The van der Waals surface area contributed by atoms with Gasteiger partial charge in [-0.2, -0.15) is 5.10 Å². The van der Waals surface area contributed by atoms with Crippen molar-refractivity contribution in [1.29, 1.82) is 0 Å². The lowest BCUT2D eigenvalue weighted by molar-refractivity contribution is -0.143. The molecule has 1 heterocycles. The van der Waals surface area contributed by atoms with Gasteiger partial charge in [-0.3, -0.25) is 9.59 Å². The molecule has 1 atom stereocenters. The van der Waals surface area contributed by atoms with Crippen LogP contribution in [0.2, 0.25) is 0 Å². The largest absolute Gasteiger partial charge is 0.383 e. The number of amides is 2. The fourth-order valence-corrected chi connectivity index (χ4v) is 3.66. The van der Waals surface area contributed by atoms with E-state index in [0.717, 1.165) is 0 Å². The van der Waals surface area contributed by atoms with Crippen LogP contribution >= 0.6 is 0 Å². The molecule has 0 radical (unpaired) electrons. The van der Waals surface area contributed by atoms with Crippen molar-refractivity contribution in [2.75, 3.05) is 26.8 Å². The van der Waals surface area contributed by atoms with Crippen LogP contribution in [0.4, 0.5) is 8.78 Å². The standard InChI is InChI=1S/C24H27F2N3O3/c1-16(2)24(31)28(12-13-32-3)15-23(30)29-22(18-9-5-7-11-20(18)26)14-21(27-29)17-8-4-6-10-19(17)25/h4-11,16,22H,12-15H2,1-3H3/t22-/m1/s1. The minimum absolute atomic E-state index is 0.157. The first kappa shape index (κ1) is 23.5. The fourth-order valence-electron chi connectivity index (χ4n) is 3.66. The third-order valence-electron chi connectivity index (χ3n) is 5.31. The van der Waals surface area contributed by atoms with Gasteiger partial charge in [-0.05, 0) is 12.1 Å². The summed E-state index contributed by atoms with van der Waals surface area (Å²) in [5.41, 5.74) is 0.900. The van der Waals surface area contributed by atoms with E-state index in [2.05, 4.69) is 5.10 Å². The number of benzene rings is 2. The van der Waals surface area contributed by atoms with Gasteiger partial charge in [0, 0.05) is 37.1 Å². The van der Waals surface area contributed by atoms with E-state index in [1.807, 2.05) is 0 Å². The van der Waals surface area contributed by atoms with E-state index in [4.69, 9.17) is 4.74 Å². The van der Waals surface area contributed by atoms with E-state index in [-0.39, 0.29) is 49.1 Å². The molecule has 2 aromatic carbocycles. The molecule has 3 rings (SSSR count).